The Bertz CT molecular complexity index is 573. The van der Waals surface area contributed by atoms with Crippen LogP contribution in [0.2, 0.25) is 0 Å². The van der Waals surface area contributed by atoms with Crippen LogP contribution in [-0.2, 0) is 4.79 Å². The van der Waals surface area contributed by atoms with Gasteiger partial charge in [-0.2, -0.15) is 0 Å². The zero-order valence-corrected chi connectivity index (χ0v) is 13.4. The van der Waals surface area contributed by atoms with Crippen LogP contribution in [0.15, 0.2) is 24.3 Å². The monoisotopic (exact) mass is 348 g/mol. The Balaban J connectivity index is 0.00000192. The summed E-state index contributed by atoms with van der Waals surface area (Å²) in [6.07, 6.45) is -0.771. The fourth-order valence-corrected chi connectivity index (χ4v) is 2.70. The van der Waals surface area contributed by atoms with E-state index in [1.165, 1.54) is 4.90 Å². The number of halogens is 3. The summed E-state index contributed by atoms with van der Waals surface area (Å²) in [6.45, 7) is 0.160. The quantitative estimate of drug-likeness (QED) is 0.903. The Kier molecular flexibility index (Phi) is 5.31. The second kappa shape index (κ2) is 6.88. The molecule has 5 nitrogen and oxygen atoms in total. The van der Waals surface area contributed by atoms with Crippen molar-refractivity contribution >= 4 is 18.3 Å². The maximum atomic E-state index is 13.2. The molecule has 0 aromatic heterocycles. The third-order valence-electron chi connectivity index (χ3n) is 3.83. The molecule has 3 rings (SSSR count). The number of carbonyl (C=O) groups is 1. The number of benzene rings is 1. The molecule has 8 heteroatoms. The van der Waals surface area contributed by atoms with Crippen molar-refractivity contribution in [3.63, 3.8) is 0 Å². The molecule has 0 aliphatic carbocycles. The lowest BCUT2D eigenvalue weighted by Gasteiger charge is -2.30. The average molecular weight is 349 g/mol. The molecule has 2 aliphatic rings. The van der Waals surface area contributed by atoms with Gasteiger partial charge in [-0.3, -0.25) is 10.1 Å². The van der Waals surface area contributed by atoms with Gasteiger partial charge in [0, 0.05) is 13.5 Å². The normalized spacial score (nSPS) is 24.7. The van der Waals surface area contributed by atoms with Crippen LogP contribution in [-0.4, -0.2) is 55.6 Å². The maximum absolute atomic E-state index is 13.2. The molecule has 23 heavy (non-hydrogen) atoms. The molecule has 2 heterocycles. The van der Waals surface area contributed by atoms with Gasteiger partial charge < -0.3 is 14.4 Å². The summed E-state index contributed by atoms with van der Waals surface area (Å²) in [5, 5.41) is 2.57. The molecule has 2 aliphatic heterocycles. The van der Waals surface area contributed by atoms with Gasteiger partial charge in [-0.1, -0.05) is 12.1 Å². The van der Waals surface area contributed by atoms with Crippen molar-refractivity contribution in [2.75, 3.05) is 26.7 Å². The largest absolute Gasteiger partial charge is 0.486 e. The van der Waals surface area contributed by atoms with Crippen molar-refractivity contribution in [2.45, 2.75) is 24.5 Å². The van der Waals surface area contributed by atoms with Gasteiger partial charge in [-0.25, -0.2) is 8.78 Å². The zero-order valence-electron chi connectivity index (χ0n) is 12.6. The van der Waals surface area contributed by atoms with E-state index in [1.54, 1.807) is 13.1 Å². The second-order valence-electron chi connectivity index (χ2n) is 5.71. The molecule has 1 saturated heterocycles. The molecule has 1 amide bonds. The summed E-state index contributed by atoms with van der Waals surface area (Å²) in [5.41, 5.74) is 0. The summed E-state index contributed by atoms with van der Waals surface area (Å²) in [7, 11) is 1.59. The molecule has 1 aromatic carbocycles. The van der Waals surface area contributed by atoms with E-state index in [-0.39, 0.29) is 31.0 Å². The molecule has 0 spiro atoms. The first-order chi connectivity index (χ1) is 10.4. The molecule has 128 valence electrons. The highest BCUT2D eigenvalue weighted by Crippen LogP contribution is 2.31. The number of hydrogen-bond acceptors (Lipinski definition) is 4. The SMILES string of the molecule is CN(CC1COc2ccccc2O1)C(=O)C1CC(F)(F)CN1.Cl. The molecule has 0 radical (unpaired) electrons. The Hall–Kier alpha value is -1.60. The fraction of sp³-hybridized carbons (Fsp3) is 0.533. The molecule has 1 fully saturated rings. The van der Waals surface area contributed by atoms with E-state index < -0.39 is 24.9 Å². The van der Waals surface area contributed by atoms with Crippen molar-refractivity contribution in [1.29, 1.82) is 0 Å². The number of amides is 1. The van der Waals surface area contributed by atoms with Crippen molar-refractivity contribution in [1.82, 2.24) is 10.2 Å². The zero-order chi connectivity index (χ0) is 15.7. The highest BCUT2D eigenvalue weighted by Gasteiger charge is 2.43. The Morgan fingerprint density at radius 1 is 1.39 bits per heavy atom. The number of carbonyl (C=O) groups excluding carboxylic acids is 1. The minimum Gasteiger partial charge on any atom is -0.486 e. The Labute approximate surface area is 139 Å². The smallest absolute Gasteiger partial charge is 0.262 e. The van der Waals surface area contributed by atoms with E-state index in [4.69, 9.17) is 9.47 Å². The summed E-state index contributed by atoms with van der Waals surface area (Å²) >= 11 is 0. The van der Waals surface area contributed by atoms with E-state index in [0.717, 1.165) is 0 Å². The lowest BCUT2D eigenvalue weighted by molar-refractivity contribution is -0.133. The number of likely N-dealkylation sites (N-methyl/N-ethyl adjacent to an activating group) is 1. The summed E-state index contributed by atoms with van der Waals surface area (Å²) in [5.74, 6) is -1.86. The number of hydrogen-bond donors (Lipinski definition) is 1. The summed E-state index contributed by atoms with van der Waals surface area (Å²) in [6, 6.07) is 6.46. The Morgan fingerprint density at radius 2 is 2.09 bits per heavy atom. The number of nitrogens with zero attached hydrogens (tertiary/aromatic N) is 1. The minimum atomic E-state index is -2.81. The van der Waals surface area contributed by atoms with E-state index in [0.29, 0.717) is 18.1 Å². The van der Waals surface area contributed by atoms with Crippen LogP contribution < -0.4 is 14.8 Å². The molecule has 0 saturated carbocycles. The van der Waals surface area contributed by atoms with Crippen LogP contribution in [0.1, 0.15) is 6.42 Å². The number of nitrogens with one attached hydrogen (secondary N) is 1. The van der Waals surface area contributed by atoms with Gasteiger partial charge in [-0.05, 0) is 12.1 Å². The molecule has 1 N–H and O–H groups in total. The van der Waals surface area contributed by atoms with Gasteiger partial charge >= 0.3 is 0 Å². The molecule has 0 bridgehead atoms. The highest BCUT2D eigenvalue weighted by molar-refractivity contribution is 5.85. The first-order valence-corrected chi connectivity index (χ1v) is 7.19. The van der Waals surface area contributed by atoms with Crippen LogP contribution >= 0.6 is 12.4 Å². The van der Waals surface area contributed by atoms with Gasteiger partial charge in [0.2, 0.25) is 5.91 Å². The lowest BCUT2D eigenvalue weighted by Crippen LogP contribution is -2.47. The van der Waals surface area contributed by atoms with Crippen LogP contribution in [0.4, 0.5) is 8.78 Å². The maximum Gasteiger partial charge on any atom is 0.262 e. The third kappa shape index (κ3) is 4.03. The lowest BCUT2D eigenvalue weighted by atomic mass is 10.1. The molecular weight excluding hydrogens is 330 g/mol. The highest BCUT2D eigenvalue weighted by atomic mass is 35.5. The number of para-hydroxylation sites is 2. The molecule has 2 unspecified atom stereocenters. The molecule has 2 atom stereocenters. The predicted molar refractivity (Wildman–Crippen MR) is 82.6 cm³/mol. The topological polar surface area (TPSA) is 50.8 Å². The first kappa shape index (κ1) is 17.7. The van der Waals surface area contributed by atoms with E-state index >= 15 is 0 Å². The number of fused-ring (bicyclic) bond motifs is 1. The predicted octanol–water partition coefficient (Wildman–Crippen LogP) is 1.70. The van der Waals surface area contributed by atoms with Crippen LogP contribution in [0.25, 0.3) is 0 Å². The number of alkyl halides is 2. The molecular formula is C15H19ClF2N2O3. The van der Waals surface area contributed by atoms with E-state index in [9.17, 15) is 13.6 Å². The van der Waals surface area contributed by atoms with Crippen LogP contribution in [0.5, 0.6) is 11.5 Å². The average Bonchev–Trinajstić information content (AvgIpc) is 2.86. The van der Waals surface area contributed by atoms with Crippen LogP contribution in [0.3, 0.4) is 0 Å². The van der Waals surface area contributed by atoms with Crippen LogP contribution in [0, 0.1) is 0 Å². The standard InChI is InChI=1S/C15H18F2N2O3.ClH/c1-19(14(20)11-6-15(16,17)9-18-11)7-10-8-21-12-4-2-3-5-13(12)22-10;/h2-5,10-11,18H,6-9H2,1H3;1H. The van der Waals surface area contributed by atoms with Gasteiger partial charge in [0.15, 0.2) is 17.6 Å². The minimum absolute atomic E-state index is 0. The second-order valence-corrected chi connectivity index (χ2v) is 5.71. The van der Waals surface area contributed by atoms with E-state index in [1.807, 2.05) is 18.2 Å². The summed E-state index contributed by atoms with van der Waals surface area (Å²) < 4.78 is 37.7. The van der Waals surface area contributed by atoms with Gasteiger partial charge in [-0.15, -0.1) is 12.4 Å². The van der Waals surface area contributed by atoms with Gasteiger partial charge in [0.05, 0.1) is 19.1 Å². The van der Waals surface area contributed by atoms with Crippen molar-refractivity contribution in [3.05, 3.63) is 24.3 Å². The number of rotatable bonds is 3. The van der Waals surface area contributed by atoms with E-state index in [2.05, 4.69) is 5.32 Å². The van der Waals surface area contributed by atoms with Gasteiger partial charge in [0.25, 0.3) is 5.92 Å². The molecule has 1 aromatic rings. The van der Waals surface area contributed by atoms with Crippen molar-refractivity contribution in [2.24, 2.45) is 0 Å². The Morgan fingerprint density at radius 3 is 2.74 bits per heavy atom. The number of ether oxygens (including phenoxy) is 2. The van der Waals surface area contributed by atoms with Gasteiger partial charge in [0.1, 0.15) is 6.61 Å². The third-order valence-corrected chi connectivity index (χ3v) is 3.83. The van der Waals surface area contributed by atoms with Crippen molar-refractivity contribution < 1.29 is 23.0 Å². The fourth-order valence-electron chi connectivity index (χ4n) is 2.70. The van der Waals surface area contributed by atoms with Crippen molar-refractivity contribution in [3.8, 4) is 11.5 Å². The summed E-state index contributed by atoms with van der Waals surface area (Å²) in [4.78, 5) is 13.6. The first-order valence-electron chi connectivity index (χ1n) is 7.19.